The SMILES string of the molecule is Cc1cc(C)c(Oc2[nH]c(-c3cncc(C#N)c3)cc(=O)c2NS(C)(=O)=O)c(C)n1. The Morgan fingerprint density at radius 2 is 1.90 bits per heavy atom. The Hall–Kier alpha value is -3.71. The van der Waals surface area contributed by atoms with Gasteiger partial charge in [-0.1, -0.05) is 0 Å². The Morgan fingerprint density at radius 1 is 1.17 bits per heavy atom. The zero-order valence-electron chi connectivity index (χ0n) is 16.8. The molecule has 0 amide bonds. The van der Waals surface area contributed by atoms with Crippen LogP contribution in [-0.4, -0.2) is 29.6 Å². The van der Waals surface area contributed by atoms with Crippen molar-refractivity contribution in [1.29, 1.82) is 5.26 Å². The average Bonchev–Trinajstić information content (AvgIpc) is 2.66. The Morgan fingerprint density at radius 3 is 2.53 bits per heavy atom. The molecule has 0 radical (unpaired) electrons. The molecule has 3 aromatic rings. The van der Waals surface area contributed by atoms with Crippen LogP contribution in [0.4, 0.5) is 5.69 Å². The Labute approximate surface area is 173 Å². The lowest BCUT2D eigenvalue weighted by molar-refractivity contribution is 0.455. The number of aryl methyl sites for hydroxylation is 3. The smallest absolute Gasteiger partial charge is 0.230 e. The summed E-state index contributed by atoms with van der Waals surface area (Å²) in [6, 6.07) is 6.56. The van der Waals surface area contributed by atoms with Crippen molar-refractivity contribution in [1.82, 2.24) is 15.0 Å². The number of anilines is 1. The van der Waals surface area contributed by atoms with E-state index in [9.17, 15) is 13.2 Å². The molecule has 0 saturated heterocycles. The number of hydrogen-bond donors (Lipinski definition) is 2. The third kappa shape index (κ3) is 4.64. The van der Waals surface area contributed by atoms with Crippen molar-refractivity contribution in [2.24, 2.45) is 0 Å². The Kier molecular flexibility index (Phi) is 5.58. The van der Waals surface area contributed by atoms with Crippen molar-refractivity contribution in [2.75, 3.05) is 11.0 Å². The highest BCUT2D eigenvalue weighted by Crippen LogP contribution is 2.32. The fraction of sp³-hybridized carbons (Fsp3) is 0.200. The summed E-state index contributed by atoms with van der Waals surface area (Å²) in [5.41, 5.74) is 2.37. The second-order valence-electron chi connectivity index (χ2n) is 6.80. The van der Waals surface area contributed by atoms with Gasteiger partial charge < -0.3 is 9.72 Å². The molecule has 0 aliphatic heterocycles. The number of H-pyrrole nitrogens is 1. The van der Waals surface area contributed by atoms with E-state index in [1.165, 1.54) is 18.5 Å². The predicted octanol–water partition coefficient (Wildman–Crippen LogP) is 2.79. The van der Waals surface area contributed by atoms with Gasteiger partial charge in [-0.25, -0.2) is 8.42 Å². The van der Waals surface area contributed by atoms with Gasteiger partial charge in [0.1, 0.15) is 6.07 Å². The summed E-state index contributed by atoms with van der Waals surface area (Å²) in [7, 11) is -3.75. The van der Waals surface area contributed by atoms with E-state index in [1.54, 1.807) is 13.0 Å². The maximum atomic E-state index is 12.8. The van der Waals surface area contributed by atoms with Crippen LogP contribution >= 0.6 is 0 Å². The maximum Gasteiger partial charge on any atom is 0.230 e. The van der Waals surface area contributed by atoms with Crippen LogP contribution in [0.25, 0.3) is 11.3 Å². The van der Waals surface area contributed by atoms with Crippen LogP contribution in [-0.2, 0) is 10.0 Å². The number of aromatic nitrogens is 3. The number of nitrogens with one attached hydrogen (secondary N) is 2. The molecule has 2 N–H and O–H groups in total. The van der Waals surface area contributed by atoms with Gasteiger partial charge in [-0.05, 0) is 38.5 Å². The van der Waals surface area contributed by atoms with Gasteiger partial charge in [0, 0.05) is 29.7 Å². The van der Waals surface area contributed by atoms with Crippen molar-refractivity contribution < 1.29 is 13.2 Å². The van der Waals surface area contributed by atoms with Crippen LogP contribution in [0.3, 0.4) is 0 Å². The zero-order valence-corrected chi connectivity index (χ0v) is 17.6. The summed E-state index contributed by atoms with van der Waals surface area (Å²) >= 11 is 0. The molecule has 3 heterocycles. The fourth-order valence-electron chi connectivity index (χ4n) is 2.97. The first-order valence-corrected chi connectivity index (χ1v) is 10.7. The van der Waals surface area contributed by atoms with Gasteiger partial charge in [0.15, 0.2) is 11.4 Å². The van der Waals surface area contributed by atoms with Crippen molar-refractivity contribution >= 4 is 15.7 Å². The van der Waals surface area contributed by atoms with E-state index < -0.39 is 15.5 Å². The normalized spacial score (nSPS) is 11.0. The quantitative estimate of drug-likeness (QED) is 0.641. The van der Waals surface area contributed by atoms with Crippen molar-refractivity contribution in [3.05, 3.63) is 63.3 Å². The minimum Gasteiger partial charge on any atom is -0.436 e. The first-order chi connectivity index (χ1) is 14.1. The molecule has 0 spiro atoms. The molecule has 0 atom stereocenters. The summed E-state index contributed by atoms with van der Waals surface area (Å²) in [5, 5.41) is 9.10. The number of hydrogen-bond acceptors (Lipinski definition) is 7. The van der Waals surface area contributed by atoms with Gasteiger partial charge >= 0.3 is 0 Å². The van der Waals surface area contributed by atoms with Crippen molar-refractivity contribution in [2.45, 2.75) is 20.8 Å². The molecule has 0 aromatic carbocycles. The third-order valence-corrected chi connectivity index (χ3v) is 4.70. The molecule has 0 aliphatic carbocycles. The molecule has 154 valence electrons. The monoisotopic (exact) mass is 425 g/mol. The van der Waals surface area contributed by atoms with Crippen LogP contribution in [0.15, 0.2) is 35.4 Å². The molecule has 0 bridgehead atoms. The molecule has 0 aliphatic rings. The predicted molar refractivity (Wildman–Crippen MR) is 112 cm³/mol. The largest absolute Gasteiger partial charge is 0.436 e. The molecule has 0 unspecified atom stereocenters. The second-order valence-corrected chi connectivity index (χ2v) is 8.55. The van der Waals surface area contributed by atoms with Gasteiger partial charge in [0.25, 0.3) is 0 Å². The number of pyridine rings is 3. The summed E-state index contributed by atoms with van der Waals surface area (Å²) < 4.78 is 31.7. The van der Waals surface area contributed by atoms with Crippen molar-refractivity contribution in [3.8, 4) is 29.0 Å². The van der Waals surface area contributed by atoms with E-state index in [2.05, 4.69) is 19.7 Å². The fourth-order valence-corrected chi connectivity index (χ4v) is 3.53. The first kappa shape index (κ1) is 21.0. The number of nitriles is 1. The lowest BCUT2D eigenvalue weighted by Crippen LogP contribution is -2.19. The van der Waals surface area contributed by atoms with Gasteiger partial charge in [0.05, 0.1) is 23.2 Å². The lowest BCUT2D eigenvalue weighted by atomic mass is 10.1. The van der Waals surface area contributed by atoms with Gasteiger partial charge in [-0.15, -0.1) is 0 Å². The summed E-state index contributed by atoms with van der Waals surface area (Å²) in [4.78, 5) is 24.0. The number of rotatable bonds is 5. The molecule has 9 nitrogen and oxygen atoms in total. The highest BCUT2D eigenvalue weighted by Gasteiger charge is 2.19. The summed E-state index contributed by atoms with van der Waals surface area (Å²) in [6.45, 7) is 5.42. The third-order valence-electron chi connectivity index (χ3n) is 4.12. The van der Waals surface area contributed by atoms with Crippen molar-refractivity contribution in [3.63, 3.8) is 0 Å². The average molecular weight is 425 g/mol. The first-order valence-electron chi connectivity index (χ1n) is 8.80. The Bertz CT molecular complexity index is 1320. The molecule has 10 heteroatoms. The van der Waals surface area contributed by atoms with E-state index in [0.717, 1.165) is 17.5 Å². The van der Waals surface area contributed by atoms with E-state index in [1.807, 2.05) is 26.0 Å². The number of aromatic amines is 1. The van der Waals surface area contributed by atoms with E-state index in [4.69, 9.17) is 10.00 Å². The standard InChI is InChI=1S/C20H19N5O4S/c1-11-5-12(2)23-13(3)19(11)29-20-18(25-30(4,27)28)17(26)7-16(24-20)15-6-14(8-21)9-22-10-15/h5-7,9-10,25H,1-4H3,(H,24,26). The van der Waals surface area contributed by atoms with Crippen LogP contribution in [0.2, 0.25) is 0 Å². The number of nitrogens with zero attached hydrogens (tertiary/aromatic N) is 3. The molecule has 3 rings (SSSR count). The van der Waals surface area contributed by atoms with E-state index in [0.29, 0.717) is 28.3 Å². The Balaban J connectivity index is 2.21. The molecular formula is C20H19N5O4S. The van der Waals surface area contributed by atoms with Crippen LogP contribution in [0, 0.1) is 32.1 Å². The van der Waals surface area contributed by atoms with E-state index in [-0.39, 0.29) is 11.6 Å². The minimum absolute atomic E-state index is 0.0952. The van der Waals surface area contributed by atoms with E-state index >= 15 is 0 Å². The van der Waals surface area contributed by atoms with Crippen LogP contribution < -0.4 is 14.9 Å². The molecule has 0 saturated carbocycles. The number of ether oxygens (including phenoxy) is 1. The van der Waals surface area contributed by atoms with Crippen LogP contribution in [0.1, 0.15) is 22.5 Å². The minimum atomic E-state index is -3.75. The van der Waals surface area contributed by atoms with Crippen LogP contribution in [0.5, 0.6) is 11.6 Å². The molecular weight excluding hydrogens is 406 g/mol. The molecule has 30 heavy (non-hydrogen) atoms. The topological polar surface area (TPSA) is 138 Å². The zero-order chi connectivity index (χ0) is 22.1. The molecule has 3 aromatic heterocycles. The lowest BCUT2D eigenvalue weighted by Gasteiger charge is -2.16. The highest BCUT2D eigenvalue weighted by molar-refractivity contribution is 7.92. The summed E-state index contributed by atoms with van der Waals surface area (Å²) in [5.74, 6) is 0.302. The second kappa shape index (κ2) is 7.96. The summed E-state index contributed by atoms with van der Waals surface area (Å²) in [6.07, 6.45) is 3.81. The maximum absolute atomic E-state index is 12.8. The number of sulfonamides is 1. The van der Waals surface area contributed by atoms with Gasteiger partial charge in [-0.2, -0.15) is 5.26 Å². The molecule has 0 fully saturated rings. The van der Waals surface area contributed by atoms with Gasteiger partial charge in [-0.3, -0.25) is 19.5 Å². The van der Waals surface area contributed by atoms with Gasteiger partial charge in [0.2, 0.25) is 21.3 Å². The highest BCUT2D eigenvalue weighted by atomic mass is 32.2.